The molecule has 2 unspecified atom stereocenters. The van der Waals surface area contributed by atoms with E-state index in [2.05, 4.69) is 13.8 Å². The molecule has 1 aliphatic carbocycles. The average molecular weight is 157 g/mol. The van der Waals surface area contributed by atoms with Crippen LogP contribution in [0.3, 0.4) is 0 Å². The molecule has 0 bridgehead atoms. The summed E-state index contributed by atoms with van der Waals surface area (Å²) in [7, 11) is 0. The van der Waals surface area contributed by atoms with E-state index in [1.54, 1.807) is 0 Å². The number of carbonyl (C=O) groups is 1. The van der Waals surface area contributed by atoms with Gasteiger partial charge in [0.05, 0.1) is 6.42 Å². The third-order valence-electron chi connectivity index (χ3n) is 2.52. The van der Waals surface area contributed by atoms with Crippen LogP contribution >= 0.6 is 0 Å². The molecule has 3 heteroatoms. The summed E-state index contributed by atoms with van der Waals surface area (Å²) < 4.78 is 0. The van der Waals surface area contributed by atoms with Gasteiger partial charge in [-0.3, -0.25) is 4.79 Å². The molecule has 2 atom stereocenters. The predicted molar refractivity (Wildman–Crippen MR) is 42.1 cm³/mol. The Balaban J connectivity index is 2.34. The van der Waals surface area contributed by atoms with Crippen LogP contribution in [0.5, 0.6) is 0 Å². The highest BCUT2D eigenvalue weighted by Crippen LogP contribution is 2.53. The fourth-order valence-corrected chi connectivity index (χ4v) is 1.58. The third-order valence-corrected chi connectivity index (χ3v) is 2.52. The number of hydrogen-bond acceptors (Lipinski definition) is 2. The zero-order chi connectivity index (χ0) is 8.65. The lowest BCUT2D eigenvalue weighted by Crippen LogP contribution is -2.27. The summed E-state index contributed by atoms with van der Waals surface area (Å²) >= 11 is 0. The zero-order valence-electron chi connectivity index (χ0n) is 7.00. The Bertz CT molecular complexity index is 177. The summed E-state index contributed by atoms with van der Waals surface area (Å²) in [6.45, 7) is 4.25. The van der Waals surface area contributed by atoms with Gasteiger partial charge in [0.1, 0.15) is 0 Å². The molecule has 1 fully saturated rings. The first-order valence-electron chi connectivity index (χ1n) is 3.91. The largest absolute Gasteiger partial charge is 0.481 e. The third kappa shape index (κ3) is 1.93. The van der Waals surface area contributed by atoms with Crippen molar-refractivity contribution in [1.29, 1.82) is 0 Å². The van der Waals surface area contributed by atoms with Crippen molar-refractivity contribution in [2.24, 2.45) is 17.1 Å². The average Bonchev–Trinajstić information content (AvgIpc) is 2.38. The number of aliphatic carboxylic acids is 1. The smallest absolute Gasteiger partial charge is 0.304 e. The maximum absolute atomic E-state index is 10.3. The molecule has 1 aliphatic rings. The van der Waals surface area contributed by atoms with Gasteiger partial charge in [0.2, 0.25) is 0 Å². The lowest BCUT2D eigenvalue weighted by atomic mass is 10.0. The number of carboxylic acids is 1. The van der Waals surface area contributed by atoms with Crippen molar-refractivity contribution >= 4 is 5.97 Å². The molecule has 64 valence electrons. The molecule has 0 aromatic rings. The molecular weight excluding hydrogens is 142 g/mol. The molecule has 11 heavy (non-hydrogen) atoms. The van der Waals surface area contributed by atoms with E-state index in [9.17, 15) is 4.79 Å². The molecule has 0 aromatic carbocycles. The van der Waals surface area contributed by atoms with Crippen LogP contribution in [0.4, 0.5) is 0 Å². The van der Waals surface area contributed by atoms with Gasteiger partial charge in [0.25, 0.3) is 0 Å². The van der Waals surface area contributed by atoms with Gasteiger partial charge < -0.3 is 10.8 Å². The monoisotopic (exact) mass is 157 g/mol. The fourth-order valence-electron chi connectivity index (χ4n) is 1.58. The van der Waals surface area contributed by atoms with Gasteiger partial charge in [-0.05, 0) is 17.8 Å². The van der Waals surface area contributed by atoms with Gasteiger partial charge in [0, 0.05) is 6.04 Å². The lowest BCUT2D eigenvalue weighted by Gasteiger charge is -2.09. The Morgan fingerprint density at radius 1 is 1.82 bits per heavy atom. The molecule has 3 N–H and O–H groups in total. The normalized spacial score (nSPS) is 29.5. The minimum atomic E-state index is -0.791. The summed E-state index contributed by atoms with van der Waals surface area (Å²) in [6, 6.07) is -0.150. The summed E-state index contributed by atoms with van der Waals surface area (Å²) in [4.78, 5) is 10.3. The molecule has 0 aliphatic heterocycles. The van der Waals surface area contributed by atoms with Crippen molar-refractivity contribution in [3.05, 3.63) is 0 Å². The van der Waals surface area contributed by atoms with E-state index < -0.39 is 5.97 Å². The second kappa shape index (κ2) is 2.48. The molecule has 0 aromatic heterocycles. The van der Waals surface area contributed by atoms with Crippen molar-refractivity contribution in [3.63, 3.8) is 0 Å². The van der Waals surface area contributed by atoms with Crippen LogP contribution in [-0.2, 0) is 4.79 Å². The summed E-state index contributed by atoms with van der Waals surface area (Å²) in [6.07, 6.45) is 1.18. The Morgan fingerprint density at radius 3 is 2.55 bits per heavy atom. The highest BCUT2D eigenvalue weighted by atomic mass is 16.4. The molecule has 1 rings (SSSR count). The summed E-state index contributed by atoms with van der Waals surface area (Å²) in [5.41, 5.74) is 5.96. The van der Waals surface area contributed by atoms with E-state index in [4.69, 9.17) is 10.8 Å². The second-order valence-electron chi connectivity index (χ2n) is 4.06. The SMILES string of the molecule is CC1(C)CC1C(N)CC(=O)O. The van der Waals surface area contributed by atoms with Gasteiger partial charge in [-0.2, -0.15) is 0 Å². The van der Waals surface area contributed by atoms with Crippen LogP contribution in [0, 0.1) is 11.3 Å². The van der Waals surface area contributed by atoms with E-state index in [0.29, 0.717) is 5.92 Å². The maximum atomic E-state index is 10.3. The van der Waals surface area contributed by atoms with Crippen LogP contribution in [0.25, 0.3) is 0 Å². The topological polar surface area (TPSA) is 63.3 Å². The van der Waals surface area contributed by atoms with Crippen molar-refractivity contribution in [1.82, 2.24) is 0 Å². The van der Waals surface area contributed by atoms with Crippen molar-refractivity contribution in [2.75, 3.05) is 0 Å². The van der Waals surface area contributed by atoms with Gasteiger partial charge in [-0.1, -0.05) is 13.8 Å². The lowest BCUT2D eigenvalue weighted by molar-refractivity contribution is -0.137. The van der Waals surface area contributed by atoms with Crippen LogP contribution in [0.1, 0.15) is 26.7 Å². The first-order chi connectivity index (χ1) is 4.93. The zero-order valence-corrected chi connectivity index (χ0v) is 7.00. The number of carboxylic acid groups (broad SMARTS) is 1. The molecule has 3 nitrogen and oxygen atoms in total. The highest BCUT2D eigenvalue weighted by Gasteiger charge is 2.49. The Hall–Kier alpha value is -0.570. The number of nitrogens with two attached hydrogens (primary N) is 1. The molecule has 0 amide bonds. The van der Waals surface area contributed by atoms with Crippen LogP contribution in [0.2, 0.25) is 0 Å². The van der Waals surface area contributed by atoms with Gasteiger partial charge in [-0.15, -0.1) is 0 Å². The van der Waals surface area contributed by atoms with Gasteiger partial charge in [-0.25, -0.2) is 0 Å². The van der Waals surface area contributed by atoms with E-state index in [-0.39, 0.29) is 17.9 Å². The standard InChI is InChI=1S/C8H15NO2/c1-8(2)4-5(8)6(9)3-7(10)11/h5-6H,3-4,9H2,1-2H3,(H,10,11). The van der Waals surface area contributed by atoms with Crippen molar-refractivity contribution < 1.29 is 9.90 Å². The van der Waals surface area contributed by atoms with E-state index in [1.165, 1.54) is 0 Å². The van der Waals surface area contributed by atoms with Crippen molar-refractivity contribution in [2.45, 2.75) is 32.7 Å². The fraction of sp³-hybridized carbons (Fsp3) is 0.875. The van der Waals surface area contributed by atoms with Gasteiger partial charge >= 0.3 is 5.97 Å². The Morgan fingerprint density at radius 2 is 2.27 bits per heavy atom. The molecule has 1 saturated carbocycles. The first-order valence-corrected chi connectivity index (χ1v) is 3.91. The van der Waals surface area contributed by atoms with Crippen LogP contribution < -0.4 is 5.73 Å². The second-order valence-corrected chi connectivity index (χ2v) is 4.06. The molecule has 0 saturated heterocycles. The summed E-state index contributed by atoms with van der Waals surface area (Å²) in [5.74, 6) is -0.376. The van der Waals surface area contributed by atoms with E-state index >= 15 is 0 Å². The minimum absolute atomic E-state index is 0.105. The maximum Gasteiger partial charge on any atom is 0.304 e. The van der Waals surface area contributed by atoms with Crippen molar-refractivity contribution in [3.8, 4) is 0 Å². The van der Waals surface area contributed by atoms with Gasteiger partial charge in [0.15, 0.2) is 0 Å². The molecule has 0 spiro atoms. The highest BCUT2D eigenvalue weighted by molar-refractivity contribution is 5.67. The molecule has 0 heterocycles. The Kier molecular flexibility index (Phi) is 1.92. The van der Waals surface area contributed by atoms with Crippen LogP contribution in [-0.4, -0.2) is 17.1 Å². The summed E-state index contributed by atoms with van der Waals surface area (Å²) in [5, 5.41) is 8.45. The van der Waals surface area contributed by atoms with E-state index in [0.717, 1.165) is 6.42 Å². The first kappa shape index (κ1) is 8.53. The number of rotatable bonds is 3. The minimum Gasteiger partial charge on any atom is -0.481 e. The predicted octanol–water partition coefficient (Wildman–Crippen LogP) is 0.835. The molecule has 0 radical (unpaired) electrons. The van der Waals surface area contributed by atoms with E-state index in [1.807, 2.05) is 0 Å². The molecular formula is C8H15NO2. The Labute approximate surface area is 66.6 Å². The number of hydrogen-bond donors (Lipinski definition) is 2. The quantitative estimate of drug-likeness (QED) is 0.638. The van der Waals surface area contributed by atoms with Crippen LogP contribution in [0.15, 0.2) is 0 Å².